The van der Waals surface area contributed by atoms with Crippen LogP contribution in [0.4, 0.5) is 0 Å². The van der Waals surface area contributed by atoms with E-state index in [0.717, 1.165) is 44.3 Å². The standard InChI is InChI=1S/C21H24N2O2S/c24-19(18-8-14-26-15-18)23-13-10-21(16-23)9-4-11-22(20(21)25)12-7-17-5-2-1-3-6-17/h1-3,5-6,8,14-15H,4,7,9-13,16H2. The van der Waals surface area contributed by atoms with Gasteiger partial charge in [0.25, 0.3) is 5.91 Å². The van der Waals surface area contributed by atoms with Crippen molar-refractivity contribution in [3.63, 3.8) is 0 Å². The van der Waals surface area contributed by atoms with Crippen molar-refractivity contribution in [3.05, 3.63) is 58.3 Å². The summed E-state index contributed by atoms with van der Waals surface area (Å²) in [5, 5.41) is 3.82. The van der Waals surface area contributed by atoms with Crippen LogP contribution in [0.25, 0.3) is 0 Å². The summed E-state index contributed by atoms with van der Waals surface area (Å²) in [6.45, 7) is 2.87. The van der Waals surface area contributed by atoms with E-state index in [1.54, 1.807) is 0 Å². The van der Waals surface area contributed by atoms with Gasteiger partial charge in [0.05, 0.1) is 11.0 Å². The lowest BCUT2D eigenvalue weighted by molar-refractivity contribution is -0.145. The minimum atomic E-state index is -0.360. The SMILES string of the molecule is O=C(c1ccsc1)N1CCC2(CCCN(CCc3ccccc3)C2=O)C1. The highest BCUT2D eigenvalue weighted by Gasteiger charge is 2.49. The van der Waals surface area contributed by atoms with Gasteiger partial charge in [-0.15, -0.1) is 0 Å². The second-order valence-electron chi connectivity index (χ2n) is 7.40. The van der Waals surface area contributed by atoms with Gasteiger partial charge >= 0.3 is 0 Å². The van der Waals surface area contributed by atoms with E-state index in [1.807, 2.05) is 44.8 Å². The summed E-state index contributed by atoms with van der Waals surface area (Å²) in [7, 11) is 0. The first-order valence-electron chi connectivity index (χ1n) is 9.33. The smallest absolute Gasteiger partial charge is 0.254 e. The van der Waals surface area contributed by atoms with Gasteiger partial charge in [-0.2, -0.15) is 11.3 Å². The van der Waals surface area contributed by atoms with Crippen LogP contribution in [0.2, 0.25) is 0 Å². The molecule has 2 amide bonds. The van der Waals surface area contributed by atoms with E-state index in [1.165, 1.54) is 16.9 Å². The summed E-state index contributed by atoms with van der Waals surface area (Å²) in [4.78, 5) is 29.8. The Balaban J connectivity index is 1.42. The highest BCUT2D eigenvalue weighted by atomic mass is 32.1. The van der Waals surface area contributed by atoms with E-state index in [9.17, 15) is 9.59 Å². The number of likely N-dealkylation sites (tertiary alicyclic amines) is 2. The molecule has 0 bridgehead atoms. The van der Waals surface area contributed by atoms with E-state index >= 15 is 0 Å². The largest absolute Gasteiger partial charge is 0.342 e. The number of carbonyl (C=O) groups excluding carboxylic acids is 2. The fourth-order valence-electron chi connectivity index (χ4n) is 4.27. The Labute approximate surface area is 158 Å². The third-order valence-corrected chi connectivity index (χ3v) is 6.43. The molecular formula is C21H24N2O2S. The zero-order valence-corrected chi connectivity index (χ0v) is 15.7. The molecule has 4 nitrogen and oxygen atoms in total. The zero-order chi connectivity index (χ0) is 18.0. The second kappa shape index (κ2) is 7.23. The summed E-state index contributed by atoms with van der Waals surface area (Å²) >= 11 is 1.54. The summed E-state index contributed by atoms with van der Waals surface area (Å²) in [6.07, 6.45) is 3.62. The molecule has 2 aliphatic heterocycles. The van der Waals surface area contributed by atoms with Gasteiger partial charge in [-0.25, -0.2) is 0 Å². The first-order valence-corrected chi connectivity index (χ1v) is 10.3. The first-order chi connectivity index (χ1) is 12.7. The van der Waals surface area contributed by atoms with Gasteiger partial charge in [-0.05, 0) is 42.7 Å². The van der Waals surface area contributed by atoms with Crippen molar-refractivity contribution in [2.75, 3.05) is 26.2 Å². The molecule has 0 aliphatic carbocycles. The van der Waals surface area contributed by atoms with E-state index in [-0.39, 0.29) is 17.2 Å². The van der Waals surface area contributed by atoms with Crippen molar-refractivity contribution in [1.29, 1.82) is 0 Å². The van der Waals surface area contributed by atoms with Gasteiger partial charge in [-0.1, -0.05) is 30.3 Å². The lowest BCUT2D eigenvalue weighted by atomic mass is 9.78. The number of amides is 2. The third-order valence-electron chi connectivity index (χ3n) is 5.75. The maximum Gasteiger partial charge on any atom is 0.254 e. The molecule has 136 valence electrons. The molecule has 0 N–H and O–H groups in total. The van der Waals surface area contributed by atoms with Crippen LogP contribution in [0.1, 0.15) is 35.2 Å². The Morgan fingerprint density at radius 1 is 1.12 bits per heavy atom. The molecule has 1 aromatic carbocycles. The highest BCUT2D eigenvalue weighted by Crippen LogP contribution is 2.40. The van der Waals surface area contributed by atoms with Crippen LogP contribution in [-0.2, 0) is 11.2 Å². The predicted molar refractivity (Wildman–Crippen MR) is 103 cm³/mol. The van der Waals surface area contributed by atoms with Crippen LogP contribution < -0.4 is 0 Å². The molecule has 0 saturated carbocycles. The zero-order valence-electron chi connectivity index (χ0n) is 14.9. The second-order valence-corrected chi connectivity index (χ2v) is 8.18. The molecule has 26 heavy (non-hydrogen) atoms. The molecule has 0 radical (unpaired) electrons. The Hall–Kier alpha value is -2.14. The van der Waals surface area contributed by atoms with Crippen molar-refractivity contribution in [2.45, 2.75) is 25.7 Å². The lowest BCUT2D eigenvalue weighted by Crippen LogP contribution is -2.50. The van der Waals surface area contributed by atoms with Gasteiger partial charge in [-0.3, -0.25) is 9.59 Å². The molecule has 5 heteroatoms. The average molecular weight is 369 g/mol. The number of nitrogens with zero attached hydrogens (tertiary/aromatic N) is 2. The van der Waals surface area contributed by atoms with E-state index in [4.69, 9.17) is 0 Å². The normalized spacial score (nSPS) is 23.0. The fraction of sp³-hybridized carbons (Fsp3) is 0.429. The van der Waals surface area contributed by atoms with Gasteiger partial charge in [0, 0.05) is 31.6 Å². The number of piperidine rings is 1. The fourth-order valence-corrected chi connectivity index (χ4v) is 4.90. The summed E-state index contributed by atoms with van der Waals surface area (Å²) in [5.74, 6) is 0.317. The minimum absolute atomic E-state index is 0.0670. The summed E-state index contributed by atoms with van der Waals surface area (Å²) < 4.78 is 0. The van der Waals surface area contributed by atoms with E-state index < -0.39 is 0 Å². The molecule has 1 unspecified atom stereocenters. The summed E-state index contributed by atoms with van der Waals surface area (Å²) in [6, 6.07) is 12.2. The lowest BCUT2D eigenvalue weighted by Gasteiger charge is -2.39. The molecule has 2 aliphatic rings. The molecule has 1 aromatic heterocycles. The predicted octanol–water partition coefficient (Wildman–Crippen LogP) is 3.45. The minimum Gasteiger partial charge on any atom is -0.342 e. The van der Waals surface area contributed by atoms with Crippen LogP contribution in [0.3, 0.4) is 0 Å². The van der Waals surface area contributed by atoms with Crippen molar-refractivity contribution < 1.29 is 9.59 Å². The van der Waals surface area contributed by atoms with Gasteiger partial charge in [0.15, 0.2) is 0 Å². The number of benzene rings is 1. The van der Waals surface area contributed by atoms with Crippen LogP contribution in [0.15, 0.2) is 47.2 Å². The van der Waals surface area contributed by atoms with Crippen LogP contribution in [-0.4, -0.2) is 47.8 Å². The number of thiophene rings is 1. The average Bonchev–Trinajstić information content (AvgIpc) is 3.34. The molecule has 1 spiro atoms. The van der Waals surface area contributed by atoms with Crippen LogP contribution >= 0.6 is 11.3 Å². The number of hydrogen-bond acceptors (Lipinski definition) is 3. The Morgan fingerprint density at radius 2 is 1.96 bits per heavy atom. The molecule has 2 saturated heterocycles. The van der Waals surface area contributed by atoms with E-state index in [0.29, 0.717) is 13.1 Å². The van der Waals surface area contributed by atoms with Crippen molar-refractivity contribution in [1.82, 2.24) is 9.80 Å². The quantitative estimate of drug-likeness (QED) is 0.829. The van der Waals surface area contributed by atoms with Gasteiger partial charge in [0.1, 0.15) is 0 Å². The summed E-state index contributed by atoms with van der Waals surface area (Å²) in [5.41, 5.74) is 1.65. The van der Waals surface area contributed by atoms with Crippen molar-refractivity contribution in [2.24, 2.45) is 5.41 Å². The monoisotopic (exact) mass is 368 g/mol. The Morgan fingerprint density at radius 3 is 2.73 bits per heavy atom. The van der Waals surface area contributed by atoms with Gasteiger partial charge < -0.3 is 9.80 Å². The third kappa shape index (κ3) is 3.28. The van der Waals surface area contributed by atoms with Crippen LogP contribution in [0, 0.1) is 5.41 Å². The number of rotatable bonds is 4. The van der Waals surface area contributed by atoms with Crippen LogP contribution in [0.5, 0.6) is 0 Å². The Kier molecular flexibility index (Phi) is 4.81. The Bertz CT molecular complexity index is 775. The maximum absolute atomic E-state index is 13.2. The van der Waals surface area contributed by atoms with E-state index in [2.05, 4.69) is 12.1 Å². The number of hydrogen-bond donors (Lipinski definition) is 0. The molecule has 1 atom stereocenters. The topological polar surface area (TPSA) is 40.6 Å². The molecule has 2 aromatic rings. The maximum atomic E-state index is 13.2. The first kappa shape index (κ1) is 17.3. The molecule has 2 fully saturated rings. The number of carbonyl (C=O) groups is 2. The highest BCUT2D eigenvalue weighted by molar-refractivity contribution is 7.08. The van der Waals surface area contributed by atoms with Gasteiger partial charge in [0.2, 0.25) is 5.91 Å². The molecular weight excluding hydrogens is 344 g/mol. The molecule has 3 heterocycles. The van der Waals surface area contributed by atoms with Crippen molar-refractivity contribution in [3.8, 4) is 0 Å². The van der Waals surface area contributed by atoms with Crippen molar-refractivity contribution >= 4 is 23.2 Å². The molecule has 4 rings (SSSR count).